The first kappa shape index (κ1) is 15.9. The van der Waals surface area contributed by atoms with E-state index in [0.29, 0.717) is 24.5 Å². The van der Waals surface area contributed by atoms with Crippen LogP contribution in [0, 0.1) is 0 Å². The molecular weight excluding hydrogens is 342 g/mol. The number of hydrogen-bond donors (Lipinski definition) is 2. The standard InChI is InChI=1S/C20H19N5O2/c1-24-12-10-22-17(24)16-20(13-5-2-3-6-14(13)23-19(20)27)8-11-25(16)18(26)15-7-4-9-21-15/h2-7,9-10,12,16,21H,8,11H2,1H3,(H,23,27)/t16-,20+/m0/s1. The van der Waals surface area contributed by atoms with Crippen molar-refractivity contribution in [3.63, 3.8) is 0 Å². The number of aromatic nitrogens is 3. The van der Waals surface area contributed by atoms with E-state index in [1.165, 1.54) is 0 Å². The molecule has 3 aromatic rings. The van der Waals surface area contributed by atoms with E-state index in [4.69, 9.17) is 0 Å². The quantitative estimate of drug-likeness (QED) is 0.734. The molecule has 4 heterocycles. The zero-order chi connectivity index (χ0) is 18.6. The van der Waals surface area contributed by atoms with Crippen molar-refractivity contribution in [3.05, 3.63) is 72.1 Å². The average Bonchev–Trinajstić information content (AvgIpc) is 3.44. The van der Waals surface area contributed by atoms with Crippen LogP contribution in [0.25, 0.3) is 0 Å². The summed E-state index contributed by atoms with van der Waals surface area (Å²) >= 11 is 0. The van der Waals surface area contributed by atoms with E-state index in [0.717, 1.165) is 11.3 Å². The fraction of sp³-hybridized carbons (Fsp3) is 0.250. The number of anilines is 1. The summed E-state index contributed by atoms with van der Waals surface area (Å²) in [6.45, 7) is 0.483. The van der Waals surface area contributed by atoms with Crippen molar-refractivity contribution in [1.29, 1.82) is 0 Å². The maximum absolute atomic E-state index is 13.2. The van der Waals surface area contributed by atoms with Gasteiger partial charge in [-0.2, -0.15) is 0 Å². The van der Waals surface area contributed by atoms with Crippen LogP contribution >= 0.6 is 0 Å². The minimum Gasteiger partial charge on any atom is -0.357 e. The number of fused-ring (bicyclic) bond motifs is 2. The van der Waals surface area contributed by atoms with Crippen LogP contribution < -0.4 is 5.32 Å². The van der Waals surface area contributed by atoms with Crippen LogP contribution in [-0.4, -0.2) is 37.8 Å². The maximum atomic E-state index is 13.2. The number of amides is 2. The minimum atomic E-state index is -0.835. The van der Waals surface area contributed by atoms with Gasteiger partial charge < -0.3 is 19.8 Å². The molecule has 27 heavy (non-hydrogen) atoms. The highest BCUT2D eigenvalue weighted by Gasteiger charge is 2.60. The Balaban J connectivity index is 1.70. The second-order valence-corrected chi connectivity index (χ2v) is 7.10. The van der Waals surface area contributed by atoms with Crippen molar-refractivity contribution in [2.45, 2.75) is 17.9 Å². The van der Waals surface area contributed by atoms with Crippen LogP contribution in [0.15, 0.2) is 55.0 Å². The molecule has 7 heteroatoms. The van der Waals surface area contributed by atoms with Gasteiger partial charge in [-0.25, -0.2) is 4.98 Å². The molecule has 1 aromatic carbocycles. The second kappa shape index (κ2) is 5.57. The first-order chi connectivity index (χ1) is 13.1. The van der Waals surface area contributed by atoms with Gasteiger partial charge in [0.15, 0.2) is 0 Å². The van der Waals surface area contributed by atoms with Gasteiger partial charge in [0.25, 0.3) is 5.91 Å². The molecule has 136 valence electrons. The van der Waals surface area contributed by atoms with Crippen molar-refractivity contribution in [3.8, 4) is 0 Å². The van der Waals surface area contributed by atoms with Gasteiger partial charge in [-0.05, 0) is 30.2 Å². The van der Waals surface area contributed by atoms with E-state index in [2.05, 4.69) is 15.3 Å². The molecule has 1 fully saturated rings. The number of benzene rings is 1. The van der Waals surface area contributed by atoms with E-state index >= 15 is 0 Å². The molecule has 2 aromatic heterocycles. The number of H-pyrrole nitrogens is 1. The summed E-state index contributed by atoms with van der Waals surface area (Å²) < 4.78 is 1.89. The molecule has 1 spiro atoms. The molecule has 0 aliphatic carbocycles. The Morgan fingerprint density at radius 1 is 1.26 bits per heavy atom. The van der Waals surface area contributed by atoms with Gasteiger partial charge in [0.2, 0.25) is 5.91 Å². The number of carbonyl (C=O) groups is 2. The Morgan fingerprint density at radius 2 is 2.11 bits per heavy atom. The Morgan fingerprint density at radius 3 is 2.85 bits per heavy atom. The number of nitrogens with zero attached hydrogens (tertiary/aromatic N) is 3. The first-order valence-electron chi connectivity index (χ1n) is 8.95. The molecule has 0 radical (unpaired) electrons. The Kier molecular flexibility index (Phi) is 3.28. The lowest BCUT2D eigenvalue weighted by atomic mass is 9.74. The number of nitrogens with one attached hydrogen (secondary N) is 2. The summed E-state index contributed by atoms with van der Waals surface area (Å²) in [5, 5.41) is 3.01. The summed E-state index contributed by atoms with van der Waals surface area (Å²) in [5.41, 5.74) is 1.43. The summed E-state index contributed by atoms with van der Waals surface area (Å²) in [6, 6.07) is 10.8. The average molecular weight is 361 g/mol. The number of para-hydroxylation sites is 1. The van der Waals surface area contributed by atoms with Crippen LogP contribution in [0.2, 0.25) is 0 Å². The van der Waals surface area contributed by atoms with Crippen molar-refractivity contribution >= 4 is 17.5 Å². The number of hydrogen-bond acceptors (Lipinski definition) is 3. The molecule has 0 unspecified atom stereocenters. The van der Waals surface area contributed by atoms with E-state index in [9.17, 15) is 9.59 Å². The predicted octanol–water partition coefficient (Wildman–Crippen LogP) is 2.23. The smallest absolute Gasteiger partial charge is 0.270 e. The Labute approximate surface area is 156 Å². The van der Waals surface area contributed by atoms with E-state index < -0.39 is 11.5 Å². The third kappa shape index (κ3) is 2.05. The van der Waals surface area contributed by atoms with Gasteiger partial charge in [0, 0.05) is 37.9 Å². The molecule has 2 N–H and O–H groups in total. The number of rotatable bonds is 2. The third-order valence-corrected chi connectivity index (χ3v) is 5.78. The molecular formula is C20H19N5O2. The fourth-order valence-electron chi connectivity index (χ4n) is 4.52. The van der Waals surface area contributed by atoms with Gasteiger partial charge in [-0.1, -0.05) is 18.2 Å². The van der Waals surface area contributed by atoms with E-state index in [-0.39, 0.29) is 11.8 Å². The largest absolute Gasteiger partial charge is 0.357 e. The zero-order valence-electron chi connectivity index (χ0n) is 14.8. The molecule has 0 saturated carbocycles. The Hall–Kier alpha value is -3.35. The molecule has 2 aliphatic rings. The Bertz CT molecular complexity index is 1040. The van der Waals surface area contributed by atoms with Crippen LogP contribution in [0.5, 0.6) is 0 Å². The highest BCUT2D eigenvalue weighted by Crippen LogP contribution is 2.54. The van der Waals surface area contributed by atoms with Crippen molar-refractivity contribution in [2.75, 3.05) is 11.9 Å². The molecule has 0 bridgehead atoms. The topological polar surface area (TPSA) is 83.0 Å². The molecule has 7 nitrogen and oxygen atoms in total. The number of carbonyl (C=O) groups excluding carboxylic acids is 2. The van der Waals surface area contributed by atoms with Gasteiger partial charge in [0.1, 0.15) is 23.0 Å². The summed E-state index contributed by atoms with van der Waals surface area (Å²) in [5.74, 6) is 0.514. The summed E-state index contributed by atoms with van der Waals surface area (Å²) in [7, 11) is 1.89. The predicted molar refractivity (Wildman–Crippen MR) is 99.1 cm³/mol. The number of likely N-dealkylation sites (tertiary alicyclic amines) is 1. The van der Waals surface area contributed by atoms with E-state index in [1.807, 2.05) is 42.1 Å². The van der Waals surface area contributed by atoms with Crippen LogP contribution in [0.3, 0.4) is 0 Å². The van der Waals surface area contributed by atoms with E-state index in [1.54, 1.807) is 29.4 Å². The van der Waals surface area contributed by atoms with Crippen LogP contribution in [-0.2, 0) is 17.3 Å². The highest BCUT2D eigenvalue weighted by molar-refractivity contribution is 6.08. The number of aryl methyl sites for hydroxylation is 1. The normalized spacial score (nSPS) is 23.7. The van der Waals surface area contributed by atoms with Crippen molar-refractivity contribution in [2.24, 2.45) is 7.05 Å². The van der Waals surface area contributed by atoms with Crippen molar-refractivity contribution < 1.29 is 9.59 Å². The number of imidazole rings is 1. The van der Waals surface area contributed by atoms with Crippen LogP contribution in [0.1, 0.15) is 34.3 Å². The summed E-state index contributed by atoms with van der Waals surface area (Å²) in [6.07, 6.45) is 5.83. The lowest BCUT2D eigenvalue weighted by Crippen LogP contribution is -2.43. The SMILES string of the molecule is Cn1ccnc1[C@@H]1N(C(=O)c2ccc[nH]2)CC[C@]12C(=O)Nc1ccccc12. The van der Waals surface area contributed by atoms with Gasteiger partial charge in [0.05, 0.1) is 0 Å². The lowest BCUT2D eigenvalue weighted by Gasteiger charge is -2.33. The highest BCUT2D eigenvalue weighted by atomic mass is 16.2. The lowest BCUT2D eigenvalue weighted by molar-refractivity contribution is -0.121. The van der Waals surface area contributed by atoms with Gasteiger partial charge in [-0.3, -0.25) is 9.59 Å². The molecule has 2 atom stereocenters. The molecule has 2 aliphatic heterocycles. The first-order valence-corrected chi connectivity index (χ1v) is 8.95. The zero-order valence-corrected chi connectivity index (χ0v) is 14.8. The van der Waals surface area contributed by atoms with Gasteiger partial charge in [-0.15, -0.1) is 0 Å². The third-order valence-electron chi connectivity index (χ3n) is 5.78. The molecule has 5 rings (SSSR count). The minimum absolute atomic E-state index is 0.0708. The molecule has 1 saturated heterocycles. The van der Waals surface area contributed by atoms with Crippen molar-refractivity contribution in [1.82, 2.24) is 19.4 Å². The van der Waals surface area contributed by atoms with Crippen LogP contribution in [0.4, 0.5) is 5.69 Å². The molecule has 2 amide bonds. The monoisotopic (exact) mass is 361 g/mol. The van der Waals surface area contributed by atoms with Gasteiger partial charge >= 0.3 is 0 Å². The number of aromatic amines is 1. The second-order valence-electron chi connectivity index (χ2n) is 7.10. The summed E-state index contributed by atoms with van der Waals surface area (Å²) in [4.78, 5) is 35.7. The fourth-order valence-corrected chi connectivity index (χ4v) is 4.52. The maximum Gasteiger partial charge on any atom is 0.270 e.